The van der Waals surface area contributed by atoms with Crippen LogP contribution in [0.15, 0.2) is 71.8 Å². The maximum atomic E-state index is 12.2. The molecule has 0 aliphatic heterocycles. The first-order valence-corrected chi connectivity index (χ1v) is 10.9. The summed E-state index contributed by atoms with van der Waals surface area (Å²) in [5.41, 5.74) is 7.03. The second kappa shape index (κ2) is 11.8. The number of carbonyl (C=O) groups is 2. The predicted octanol–water partition coefficient (Wildman–Crippen LogP) is 5.40. The third kappa shape index (κ3) is 7.47. The van der Waals surface area contributed by atoms with E-state index in [0.717, 1.165) is 27.9 Å². The molecule has 0 aromatic heterocycles. The number of nitrogens with zero attached hydrogens (tertiary/aromatic N) is 1. The van der Waals surface area contributed by atoms with E-state index in [2.05, 4.69) is 15.8 Å². The summed E-state index contributed by atoms with van der Waals surface area (Å²) in [6, 6.07) is 20.5. The second-order valence-corrected chi connectivity index (χ2v) is 7.98. The van der Waals surface area contributed by atoms with E-state index in [-0.39, 0.29) is 24.7 Å². The number of nitrogens with one attached hydrogen (secondary N) is 2. The van der Waals surface area contributed by atoms with Gasteiger partial charge >= 0.3 is 0 Å². The van der Waals surface area contributed by atoms with Gasteiger partial charge in [0.15, 0.2) is 0 Å². The molecule has 0 bridgehead atoms. The van der Waals surface area contributed by atoms with Gasteiger partial charge in [-0.3, -0.25) is 9.59 Å². The molecular formula is C26H26ClN3O3. The summed E-state index contributed by atoms with van der Waals surface area (Å²) >= 11 is 5.91. The molecule has 3 aromatic rings. The molecule has 0 spiro atoms. The lowest BCUT2D eigenvalue weighted by atomic mass is 10.1. The highest BCUT2D eigenvalue weighted by molar-refractivity contribution is 6.30. The molecule has 2 N–H and O–H groups in total. The Kier molecular flexibility index (Phi) is 8.61. The van der Waals surface area contributed by atoms with Gasteiger partial charge in [-0.05, 0) is 60.9 Å². The predicted molar refractivity (Wildman–Crippen MR) is 132 cm³/mol. The van der Waals surface area contributed by atoms with Gasteiger partial charge in [-0.2, -0.15) is 5.10 Å². The van der Waals surface area contributed by atoms with Crippen LogP contribution in [0.3, 0.4) is 0 Å². The molecule has 0 fully saturated rings. The van der Waals surface area contributed by atoms with Gasteiger partial charge in [0.05, 0.1) is 6.21 Å². The Morgan fingerprint density at radius 2 is 1.67 bits per heavy atom. The molecule has 0 unspecified atom stereocenters. The number of hydrazone groups is 1. The summed E-state index contributed by atoms with van der Waals surface area (Å²) < 4.78 is 5.87. The third-order valence-electron chi connectivity index (χ3n) is 5.08. The van der Waals surface area contributed by atoms with Crippen molar-refractivity contribution in [2.24, 2.45) is 5.10 Å². The van der Waals surface area contributed by atoms with Crippen LogP contribution in [0, 0.1) is 13.8 Å². The number of hydrogen-bond acceptors (Lipinski definition) is 4. The molecule has 170 valence electrons. The third-order valence-corrected chi connectivity index (χ3v) is 5.33. The Morgan fingerprint density at radius 3 is 2.45 bits per heavy atom. The summed E-state index contributed by atoms with van der Waals surface area (Å²) in [5.74, 6) is 0.0732. The van der Waals surface area contributed by atoms with E-state index in [1.165, 1.54) is 6.21 Å². The maximum absolute atomic E-state index is 12.2. The fourth-order valence-electron chi connectivity index (χ4n) is 3.02. The van der Waals surface area contributed by atoms with E-state index in [9.17, 15) is 9.59 Å². The number of aryl methyl sites for hydroxylation is 1. The SMILES string of the molecule is Cc1cccc(NC(=O)CCC(=O)NN=Cc2ccccc2OCc2ccc(Cl)cc2)c1C. The largest absolute Gasteiger partial charge is 0.488 e. The monoisotopic (exact) mass is 463 g/mol. The molecule has 0 atom stereocenters. The number of para-hydroxylation sites is 1. The first kappa shape index (κ1) is 24.0. The van der Waals surface area contributed by atoms with E-state index in [1.54, 1.807) is 0 Å². The first-order valence-electron chi connectivity index (χ1n) is 10.6. The lowest BCUT2D eigenvalue weighted by Gasteiger charge is -2.10. The zero-order valence-corrected chi connectivity index (χ0v) is 19.4. The number of anilines is 1. The van der Waals surface area contributed by atoms with Crippen LogP contribution < -0.4 is 15.5 Å². The second-order valence-electron chi connectivity index (χ2n) is 7.54. The van der Waals surface area contributed by atoms with Gasteiger partial charge in [0.25, 0.3) is 0 Å². The molecule has 3 aromatic carbocycles. The van der Waals surface area contributed by atoms with Crippen molar-refractivity contribution < 1.29 is 14.3 Å². The minimum absolute atomic E-state index is 0.0305. The molecule has 0 radical (unpaired) electrons. The standard InChI is InChI=1S/C26H26ClN3O3/c1-18-6-5-8-23(19(18)2)29-25(31)14-15-26(32)30-28-16-21-7-3-4-9-24(21)33-17-20-10-12-22(27)13-11-20/h3-13,16H,14-15,17H2,1-2H3,(H,29,31)(H,30,32). The van der Waals surface area contributed by atoms with Gasteiger partial charge in [0, 0.05) is 29.1 Å². The van der Waals surface area contributed by atoms with Gasteiger partial charge in [0.2, 0.25) is 11.8 Å². The summed E-state index contributed by atoms with van der Waals surface area (Å²) in [6.45, 7) is 4.31. The first-order chi connectivity index (χ1) is 15.9. The highest BCUT2D eigenvalue weighted by atomic mass is 35.5. The normalized spacial score (nSPS) is 10.8. The molecule has 2 amide bonds. The van der Waals surface area contributed by atoms with Crippen LogP contribution in [0.25, 0.3) is 0 Å². The number of amides is 2. The average molecular weight is 464 g/mol. The molecule has 0 saturated heterocycles. The Morgan fingerprint density at radius 1 is 0.939 bits per heavy atom. The zero-order chi connectivity index (χ0) is 23.6. The van der Waals surface area contributed by atoms with Gasteiger partial charge in [-0.25, -0.2) is 5.43 Å². The molecule has 6 nitrogen and oxygen atoms in total. The lowest BCUT2D eigenvalue weighted by Crippen LogP contribution is -2.21. The fourth-order valence-corrected chi connectivity index (χ4v) is 3.14. The topological polar surface area (TPSA) is 79.8 Å². The summed E-state index contributed by atoms with van der Waals surface area (Å²) in [6.07, 6.45) is 1.61. The number of carbonyl (C=O) groups excluding carboxylic acids is 2. The Hall–Kier alpha value is -3.64. The van der Waals surface area contributed by atoms with Crippen molar-refractivity contribution in [3.8, 4) is 5.75 Å². The van der Waals surface area contributed by atoms with Crippen molar-refractivity contribution in [2.45, 2.75) is 33.3 Å². The van der Waals surface area contributed by atoms with Crippen LogP contribution >= 0.6 is 11.6 Å². The van der Waals surface area contributed by atoms with Crippen molar-refractivity contribution in [1.29, 1.82) is 0 Å². The molecule has 0 aliphatic carbocycles. The molecule has 0 aliphatic rings. The van der Waals surface area contributed by atoms with Gasteiger partial charge in [-0.1, -0.05) is 48.0 Å². The maximum Gasteiger partial charge on any atom is 0.240 e. The van der Waals surface area contributed by atoms with E-state index >= 15 is 0 Å². The fraction of sp³-hybridized carbons (Fsp3) is 0.192. The molecule has 3 rings (SSSR count). The van der Waals surface area contributed by atoms with Crippen molar-refractivity contribution in [1.82, 2.24) is 5.43 Å². The van der Waals surface area contributed by atoms with Crippen molar-refractivity contribution in [3.05, 3.63) is 94.0 Å². The lowest BCUT2D eigenvalue weighted by molar-refractivity contribution is -0.124. The Balaban J connectivity index is 1.47. The number of benzene rings is 3. The number of hydrogen-bond donors (Lipinski definition) is 2. The van der Waals surface area contributed by atoms with Crippen LogP contribution in [0.1, 0.15) is 35.1 Å². The average Bonchev–Trinajstić information content (AvgIpc) is 2.81. The van der Waals surface area contributed by atoms with Crippen LogP contribution in [0.4, 0.5) is 5.69 Å². The summed E-state index contributed by atoms with van der Waals surface area (Å²) in [7, 11) is 0. The van der Waals surface area contributed by atoms with E-state index in [0.29, 0.717) is 17.4 Å². The number of rotatable bonds is 9. The Bertz CT molecular complexity index is 1140. The Labute approximate surface area is 198 Å². The quantitative estimate of drug-likeness (QED) is 0.329. The number of halogens is 1. The van der Waals surface area contributed by atoms with Crippen LogP contribution in [0.5, 0.6) is 5.75 Å². The smallest absolute Gasteiger partial charge is 0.240 e. The van der Waals surface area contributed by atoms with Crippen LogP contribution in [0.2, 0.25) is 5.02 Å². The van der Waals surface area contributed by atoms with E-state index in [4.69, 9.17) is 16.3 Å². The zero-order valence-electron chi connectivity index (χ0n) is 18.6. The minimum Gasteiger partial charge on any atom is -0.488 e. The summed E-state index contributed by atoms with van der Waals surface area (Å²) in [5, 5.41) is 7.52. The molecule has 7 heteroatoms. The van der Waals surface area contributed by atoms with E-state index < -0.39 is 0 Å². The van der Waals surface area contributed by atoms with Crippen molar-refractivity contribution in [2.75, 3.05) is 5.32 Å². The molecule has 0 saturated carbocycles. The van der Waals surface area contributed by atoms with Gasteiger partial charge in [0.1, 0.15) is 12.4 Å². The summed E-state index contributed by atoms with van der Waals surface area (Å²) in [4.78, 5) is 24.3. The van der Waals surface area contributed by atoms with Crippen LogP contribution in [-0.2, 0) is 16.2 Å². The number of ether oxygens (including phenoxy) is 1. The molecule has 33 heavy (non-hydrogen) atoms. The van der Waals surface area contributed by atoms with Gasteiger partial charge < -0.3 is 10.1 Å². The van der Waals surface area contributed by atoms with Gasteiger partial charge in [-0.15, -0.1) is 0 Å². The van der Waals surface area contributed by atoms with E-state index in [1.807, 2.05) is 80.6 Å². The van der Waals surface area contributed by atoms with Crippen molar-refractivity contribution >= 4 is 35.3 Å². The highest BCUT2D eigenvalue weighted by Gasteiger charge is 2.09. The van der Waals surface area contributed by atoms with Crippen molar-refractivity contribution in [3.63, 3.8) is 0 Å². The highest BCUT2D eigenvalue weighted by Crippen LogP contribution is 2.19. The van der Waals surface area contributed by atoms with Crippen LogP contribution in [-0.4, -0.2) is 18.0 Å². The molecular weight excluding hydrogens is 438 g/mol. The minimum atomic E-state index is -0.345. The molecule has 0 heterocycles.